The van der Waals surface area contributed by atoms with Crippen molar-refractivity contribution in [2.24, 2.45) is 5.92 Å². The molecule has 1 aliphatic heterocycles. The van der Waals surface area contributed by atoms with Crippen LogP contribution in [0.15, 0.2) is 27.6 Å². The monoisotopic (exact) mass is 385 g/mol. The summed E-state index contributed by atoms with van der Waals surface area (Å²) in [5, 5.41) is 7.22. The predicted molar refractivity (Wildman–Crippen MR) is 106 cm³/mol. The summed E-state index contributed by atoms with van der Waals surface area (Å²) in [4.78, 5) is 27.5. The van der Waals surface area contributed by atoms with Crippen molar-refractivity contribution < 1.29 is 9.21 Å². The topological polar surface area (TPSA) is 84.8 Å². The average Bonchev–Trinajstić information content (AvgIpc) is 3.24. The third-order valence-electron chi connectivity index (χ3n) is 5.47. The molecule has 4 heterocycles. The third kappa shape index (κ3) is 3.69. The van der Waals surface area contributed by atoms with E-state index in [0.717, 1.165) is 37.5 Å². The van der Waals surface area contributed by atoms with Crippen molar-refractivity contribution in [2.75, 3.05) is 26.2 Å². The largest absolute Gasteiger partial charge is 0.463 e. The Kier molecular flexibility index (Phi) is 5.21. The van der Waals surface area contributed by atoms with Crippen LogP contribution in [0.25, 0.3) is 16.6 Å². The number of carbonyl (C=O) groups excluding carboxylic acids is 1. The molecule has 3 aromatic heterocycles. The zero-order chi connectivity index (χ0) is 19.7. The number of furan rings is 1. The lowest BCUT2D eigenvalue weighted by Crippen LogP contribution is -2.38. The Bertz CT molecular complexity index is 1050. The molecular formula is C20H27N5O3. The molecule has 8 nitrogen and oxygen atoms in total. The first kappa shape index (κ1) is 18.7. The highest BCUT2D eigenvalue weighted by Gasteiger charge is 2.17. The van der Waals surface area contributed by atoms with Gasteiger partial charge in [0.15, 0.2) is 5.58 Å². The molecule has 1 aliphatic rings. The molecule has 1 atom stereocenters. The number of likely N-dealkylation sites (tertiary alicyclic amines) is 1. The molecule has 0 bridgehead atoms. The van der Waals surface area contributed by atoms with Gasteiger partial charge in [-0.05, 0) is 45.2 Å². The summed E-state index contributed by atoms with van der Waals surface area (Å²) < 4.78 is 8.36. The first-order valence-corrected chi connectivity index (χ1v) is 9.98. The van der Waals surface area contributed by atoms with Crippen molar-refractivity contribution in [3.63, 3.8) is 0 Å². The number of nitrogens with zero attached hydrogens (tertiary/aromatic N) is 4. The van der Waals surface area contributed by atoms with Gasteiger partial charge in [-0.3, -0.25) is 14.0 Å². The van der Waals surface area contributed by atoms with Gasteiger partial charge < -0.3 is 14.6 Å². The Morgan fingerprint density at radius 3 is 3.07 bits per heavy atom. The van der Waals surface area contributed by atoms with Crippen molar-refractivity contribution in [2.45, 2.75) is 39.7 Å². The zero-order valence-corrected chi connectivity index (χ0v) is 16.5. The molecule has 1 saturated heterocycles. The molecule has 0 aliphatic carbocycles. The highest BCUT2D eigenvalue weighted by molar-refractivity contribution is 5.82. The summed E-state index contributed by atoms with van der Waals surface area (Å²) in [7, 11) is 0. The van der Waals surface area contributed by atoms with Crippen molar-refractivity contribution >= 4 is 22.5 Å². The SMILES string of the molecule is Cc1nn(CC(=O)NCCCN2CCCC(C)C2)c(=O)c2cc3occc3n12. The fourth-order valence-electron chi connectivity index (χ4n) is 4.15. The fraction of sp³-hybridized carbons (Fsp3) is 0.550. The minimum absolute atomic E-state index is 0.0799. The third-order valence-corrected chi connectivity index (χ3v) is 5.47. The number of aromatic nitrogens is 3. The Balaban J connectivity index is 1.36. The van der Waals surface area contributed by atoms with Crippen LogP contribution in [0, 0.1) is 12.8 Å². The van der Waals surface area contributed by atoms with E-state index in [1.165, 1.54) is 17.5 Å². The van der Waals surface area contributed by atoms with Gasteiger partial charge in [-0.2, -0.15) is 5.10 Å². The first-order chi connectivity index (χ1) is 13.5. The molecule has 28 heavy (non-hydrogen) atoms. The Hall–Kier alpha value is -2.61. The number of carbonyl (C=O) groups is 1. The quantitative estimate of drug-likeness (QED) is 0.654. The van der Waals surface area contributed by atoms with Crippen LogP contribution in [0.5, 0.6) is 0 Å². The summed E-state index contributed by atoms with van der Waals surface area (Å²) in [6, 6.07) is 3.50. The standard InChI is InChI=1S/C20H27N5O3/c1-14-5-3-8-23(12-14)9-4-7-21-19(26)13-24-20(27)17-11-18-16(6-10-28-18)25(17)15(2)22-24/h6,10-11,14H,3-5,7-9,12-13H2,1-2H3,(H,21,26). The number of piperidine rings is 1. The molecule has 150 valence electrons. The van der Waals surface area contributed by atoms with E-state index < -0.39 is 0 Å². The lowest BCUT2D eigenvalue weighted by molar-refractivity contribution is -0.121. The number of hydrogen-bond donors (Lipinski definition) is 1. The second-order valence-corrected chi connectivity index (χ2v) is 7.80. The fourth-order valence-corrected chi connectivity index (χ4v) is 4.15. The van der Waals surface area contributed by atoms with Crippen LogP contribution in [-0.4, -0.2) is 51.2 Å². The zero-order valence-electron chi connectivity index (χ0n) is 16.5. The molecule has 4 rings (SSSR count). The van der Waals surface area contributed by atoms with Crippen LogP contribution in [0.3, 0.4) is 0 Å². The molecule has 0 spiro atoms. The first-order valence-electron chi connectivity index (χ1n) is 9.98. The predicted octanol–water partition coefficient (Wildman–Crippen LogP) is 1.79. The smallest absolute Gasteiger partial charge is 0.291 e. The second-order valence-electron chi connectivity index (χ2n) is 7.80. The minimum atomic E-state index is -0.297. The van der Waals surface area contributed by atoms with Crippen LogP contribution in [0.2, 0.25) is 0 Å². The number of nitrogens with one attached hydrogen (secondary N) is 1. The van der Waals surface area contributed by atoms with Gasteiger partial charge in [0.25, 0.3) is 5.56 Å². The van der Waals surface area contributed by atoms with Crippen LogP contribution in [-0.2, 0) is 11.3 Å². The molecule has 0 aromatic carbocycles. The second kappa shape index (κ2) is 7.79. The maximum absolute atomic E-state index is 12.7. The molecule has 1 fully saturated rings. The van der Waals surface area contributed by atoms with Gasteiger partial charge in [0.2, 0.25) is 5.91 Å². The summed E-state index contributed by atoms with van der Waals surface area (Å²) in [5.74, 6) is 1.20. The maximum Gasteiger partial charge on any atom is 0.291 e. The number of fused-ring (bicyclic) bond motifs is 3. The van der Waals surface area contributed by atoms with Gasteiger partial charge in [-0.25, -0.2) is 4.68 Å². The number of rotatable bonds is 6. The Morgan fingerprint density at radius 2 is 2.25 bits per heavy atom. The van der Waals surface area contributed by atoms with E-state index in [0.29, 0.717) is 23.5 Å². The molecule has 0 radical (unpaired) electrons. The van der Waals surface area contributed by atoms with Gasteiger partial charge in [-0.15, -0.1) is 0 Å². The summed E-state index contributed by atoms with van der Waals surface area (Å²) >= 11 is 0. The molecule has 0 saturated carbocycles. The normalized spacial score (nSPS) is 18.1. The van der Waals surface area contributed by atoms with Crippen molar-refractivity contribution in [3.8, 4) is 0 Å². The van der Waals surface area contributed by atoms with E-state index in [4.69, 9.17) is 4.42 Å². The lowest BCUT2D eigenvalue weighted by Gasteiger charge is -2.30. The molecule has 1 N–H and O–H groups in total. The van der Waals surface area contributed by atoms with E-state index in [-0.39, 0.29) is 18.0 Å². The highest BCUT2D eigenvalue weighted by atomic mass is 16.3. The minimum Gasteiger partial charge on any atom is -0.463 e. The summed E-state index contributed by atoms with van der Waals surface area (Å²) in [6.45, 7) is 7.93. The summed E-state index contributed by atoms with van der Waals surface area (Å²) in [6.07, 6.45) is 5.06. The van der Waals surface area contributed by atoms with Gasteiger partial charge >= 0.3 is 0 Å². The van der Waals surface area contributed by atoms with Crippen molar-refractivity contribution in [3.05, 3.63) is 34.6 Å². The van der Waals surface area contributed by atoms with Gasteiger partial charge in [-0.1, -0.05) is 6.92 Å². The van der Waals surface area contributed by atoms with Crippen LogP contribution in [0.4, 0.5) is 0 Å². The molecule has 8 heteroatoms. The van der Waals surface area contributed by atoms with Crippen molar-refractivity contribution in [1.82, 2.24) is 24.4 Å². The van der Waals surface area contributed by atoms with Gasteiger partial charge in [0.05, 0.1) is 11.8 Å². The molecule has 1 amide bonds. The Morgan fingerprint density at radius 1 is 1.39 bits per heavy atom. The number of amides is 1. The van der Waals surface area contributed by atoms with Crippen molar-refractivity contribution in [1.29, 1.82) is 0 Å². The van der Waals surface area contributed by atoms with E-state index in [2.05, 4.69) is 22.2 Å². The van der Waals surface area contributed by atoms with Crippen LogP contribution in [0.1, 0.15) is 32.0 Å². The van der Waals surface area contributed by atoms with E-state index in [1.54, 1.807) is 22.8 Å². The average molecular weight is 385 g/mol. The van der Waals surface area contributed by atoms with E-state index in [9.17, 15) is 9.59 Å². The number of aryl methyl sites for hydroxylation is 1. The van der Waals surface area contributed by atoms with Crippen LogP contribution < -0.4 is 10.9 Å². The Labute approximate surface area is 163 Å². The molecule has 1 unspecified atom stereocenters. The maximum atomic E-state index is 12.7. The van der Waals surface area contributed by atoms with Gasteiger partial charge in [0.1, 0.15) is 17.9 Å². The van der Waals surface area contributed by atoms with Crippen LogP contribution >= 0.6 is 0 Å². The van der Waals surface area contributed by atoms with E-state index >= 15 is 0 Å². The molecular weight excluding hydrogens is 358 g/mol. The lowest BCUT2D eigenvalue weighted by atomic mass is 10.0. The number of hydrogen-bond acceptors (Lipinski definition) is 5. The van der Waals surface area contributed by atoms with Gasteiger partial charge in [0, 0.05) is 25.2 Å². The highest BCUT2D eigenvalue weighted by Crippen LogP contribution is 2.20. The molecule has 3 aromatic rings. The summed E-state index contributed by atoms with van der Waals surface area (Å²) in [5.41, 5.74) is 1.61. The van der Waals surface area contributed by atoms with E-state index in [1.807, 2.05) is 6.92 Å².